The molecule has 100 valence electrons. The van der Waals surface area contributed by atoms with Gasteiger partial charge in [-0.2, -0.15) is 0 Å². The second-order valence-corrected chi connectivity index (χ2v) is 5.73. The molecule has 0 amide bonds. The first-order chi connectivity index (χ1) is 8.61. The summed E-state index contributed by atoms with van der Waals surface area (Å²) >= 11 is 12.1. The number of hydrogen-bond acceptors (Lipinski definition) is 2. The third kappa shape index (κ3) is 3.11. The van der Waals surface area contributed by atoms with Crippen LogP contribution in [0.1, 0.15) is 19.4 Å². The van der Waals surface area contributed by atoms with Crippen LogP contribution in [0.2, 0.25) is 5.02 Å². The molecule has 2 rings (SSSR count). The van der Waals surface area contributed by atoms with Crippen molar-refractivity contribution in [1.82, 2.24) is 4.90 Å². The Balaban J connectivity index is 2.11. The molecule has 1 aromatic rings. The van der Waals surface area contributed by atoms with Crippen LogP contribution in [0.15, 0.2) is 18.2 Å². The van der Waals surface area contributed by atoms with Crippen LogP contribution in [0.25, 0.3) is 0 Å². The molecule has 0 atom stereocenters. The van der Waals surface area contributed by atoms with Crippen LogP contribution < -0.4 is 4.90 Å². The van der Waals surface area contributed by atoms with E-state index in [4.69, 9.17) is 23.2 Å². The summed E-state index contributed by atoms with van der Waals surface area (Å²) in [6, 6.07) is 6.59. The number of rotatable bonds is 3. The van der Waals surface area contributed by atoms with Gasteiger partial charge in [-0.15, -0.1) is 11.6 Å². The number of anilines is 1. The summed E-state index contributed by atoms with van der Waals surface area (Å²) in [7, 11) is 0. The summed E-state index contributed by atoms with van der Waals surface area (Å²) in [4.78, 5) is 4.89. The van der Waals surface area contributed by atoms with Crippen LogP contribution in [0.3, 0.4) is 0 Å². The Morgan fingerprint density at radius 1 is 1.17 bits per heavy atom. The second kappa shape index (κ2) is 6.14. The lowest BCUT2D eigenvalue weighted by molar-refractivity contribution is 0.209. The molecule has 4 heteroatoms. The van der Waals surface area contributed by atoms with Crippen LogP contribution in [0, 0.1) is 0 Å². The average molecular weight is 287 g/mol. The number of nitrogens with zero attached hydrogens (tertiary/aromatic N) is 2. The molecule has 0 saturated carbocycles. The minimum absolute atomic E-state index is 0.539. The van der Waals surface area contributed by atoms with Gasteiger partial charge in [0.2, 0.25) is 0 Å². The number of halogens is 2. The predicted octanol–water partition coefficient (Wildman–Crippen LogP) is 3.61. The standard InChI is InChI=1S/C14H20Cl2N2/c1-11(2)17-5-7-18(8-6-17)14-9-13(16)4-3-12(14)10-15/h3-4,9,11H,5-8,10H2,1-2H3. The molecule has 0 radical (unpaired) electrons. The highest BCUT2D eigenvalue weighted by atomic mass is 35.5. The number of piperazine rings is 1. The fourth-order valence-electron chi connectivity index (χ4n) is 2.42. The lowest BCUT2D eigenvalue weighted by Gasteiger charge is -2.38. The van der Waals surface area contributed by atoms with Crippen LogP contribution in [-0.4, -0.2) is 37.1 Å². The minimum Gasteiger partial charge on any atom is -0.369 e. The van der Waals surface area contributed by atoms with Crippen molar-refractivity contribution in [3.63, 3.8) is 0 Å². The molecule has 0 N–H and O–H groups in total. The monoisotopic (exact) mass is 286 g/mol. The molecule has 0 unspecified atom stereocenters. The predicted molar refractivity (Wildman–Crippen MR) is 79.9 cm³/mol. The smallest absolute Gasteiger partial charge is 0.0494 e. The van der Waals surface area contributed by atoms with E-state index >= 15 is 0 Å². The third-order valence-corrected chi connectivity index (χ3v) is 4.10. The van der Waals surface area contributed by atoms with E-state index in [0.717, 1.165) is 31.2 Å². The Morgan fingerprint density at radius 3 is 2.39 bits per heavy atom. The Kier molecular flexibility index (Phi) is 4.77. The van der Waals surface area contributed by atoms with Gasteiger partial charge < -0.3 is 4.90 Å². The van der Waals surface area contributed by atoms with E-state index in [0.29, 0.717) is 11.9 Å². The van der Waals surface area contributed by atoms with Gasteiger partial charge >= 0.3 is 0 Å². The molecule has 1 saturated heterocycles. The SMILES string of the molecule is CC(C)N1CCN(c2cc(Cl)ccc2CCl)CC1. The zero-order valence-electron chi connectivity index (χ0n) is 11.0. The van der Waals surface area contributed by atoms with Gasteiger partial charge in [-0.3, -0.25) is 4.90 Å². The fourth-order valence-corrected chi connectivity index (χ4v) is 2.82. The van der Waals surface area contributed by atoms with Gasteiger partial charge in [0.05, 0.1) is 0 Å². The van der Waals surface area contributed by atoms with E-state index in [2.05, 4.69) is 23.6 Å². The van der Waals surface area contributed by atoms with Crippen molar-refractivity contribution in [2.24, 2.45) is 0 Å². The Morgan fingerprint density at radius 2 is 1.83 bits per heavy atom. The second-order valence-electron chi connectivity index (χ2n) is 5.02. The highest BCUT2D eigenvalue weighted by molar-refractivity contribution is 6.31. The summed E-state index contributed by atoms with van der Waals surface area (Å²) < 4.78 is 0. The first-order valence-electron chi connectivity index (χ1n) is 6.45. The molecule has 1 fully saturated rings. The molecular formula is C14H20Cl2N2. The quantitative estimate of drug-likeness (QED) is 0.784. The maximum absolute atomic E-state index is 6.09. The van der Waals surface area contributed by atoms with Gasteiger partial charge in [-0.05, 0) is 31.5 Å². The maximum atomic E-state index is 6.09. The maximum Gasteiger partial charge on any atom is 0.0494 e. The van der Waals surface area contributed by atoms with E-state index in [9.17, 15) is 0 Å². The van der Waals surface area contributed by atoms with Crippen LogP contribution in [0.4, 0.5) is 5.69 Å². The molecule has 1 aliphatic rings. The minimum atomic E-state index is 0.539. The zero-order valence-corrected chi connectivity index (χ0v) is 12.5. The van der Waals surface area contributed by atoms with Gasteiger partial charge in [-0.25, -0.2) is 0 Å². The zero-order chi connectivity index (χ0) is 13.1. The van der Waals surface area contributed by atoms with Crippen LogP contribution in [-0.2, 0) is 5.88 Å². The summed E-state index contributed by atoms with van der Waals surface area (Å²) in [6.07, 6.45) is 0. The molecule has 18 heavy (non-hydrogen) atoms. The van der Waals surface area contributed by atoms with Gasteiger partial charge in [0.15, 0.2) is 0 Å². The van der Waals surface area contributed by atoms with Crippen molar-refractivity contribution in [3.8, 4) is 0 Å². The Hall–Kier alpha value is -0.440. The lowest BCUT2D eigenvalue weighted by Crippen LogP contribution is -2.49. The molecular weight excluding hydrogens is 267 g/mol. The first kappa shape index (κ1) is 14.0. The summed E-state index contributed by atoms with van der Waals surface area (Å²) in [6.45, 7) is 8.79. The molecule has 0 spiro atoms. The summed E-state index contributed by atoms with van der Waals surface area (Å²) in [5.41, 5.74) is 2.36. The Bertz CT molecular complexity index is 399. The van der Waals surface area contributed by atoms with E-state index in [1.165, 1.54) is 11.3 Å². The molecule has 1 heterocycles. The van der Waals surface area contributed by atoms with Gasteiger partial charge in [0, 0.05) is 48.8 Å². The summed E-state index contributed by atoms with van der Waals surface area (Å²) in [5, 5.41) is 0.783. The van der Waals surface area contributed by atoms with Gasteiger partial charge in [0.25, 0.3) is 0 Å². The molecule has 1 aliphatic heterocycles. The first-order valence-corrected chi connectivity index (χ1v) is 7.36. The van der Waals surface area contributed by atoms with Crippen LogP contribution >= 0.6 is 23.2 Å². The van der Waals surface area contributed by atoms with E-state index < -0.39 is 0 Å². The topological polar surface area (TPSA) is 6.48 Å². The largest absolute Gasteiger partial charge is 0.369 e. The summed E-state index contributed by atoms with van der Waals surface area (Å²) in [5.74, 6) is 0.539. The van der Waals surface area contributed by atoms with Crippen LogP contribution in [0.5, 0.6) is 0 Å². The molecule has 0 aromatic heterocycles. The highest BCUT2D eigenvalue weighted by Crippen LogP contribution is 2.27. The Labute approximate surface area is 119 Å². The van der Waals surface area contributed by atoms with Gasteiger partial charge in [-0.1, -0.05) is 17.7 Å². The molecule has 0 bridgehead atoms. The lowest BCUT2D eigenvalue weighted by atomic mass is 10.1. The van der Waals surface area contributed by atoms with Gasteiger partial charge in [0.1, 0.15) is 0 Å². The molecule has 0 aliphatic carbocycles. The average Bonchev–Trinajstić information content (AvgIpc) is 2.39. The fraction of sp³-hybridized carbons (Fsp3) is 0.571. The van der Waals surface area contributed by atoms with Crippen molar-refractivity contribution in [2.75, 3.05) is 31.1 Å². The third-order valence-electron chi connectivity index (χ3n) is 3.58. The van der Waals surface area contributed by atoms with Crippen molar-refractivity contribution in [1.29, 1.82) is 0 Å². The normalized spacial score (nSPS) is 17.5. The van der Waals surface area contributed by atoms with Crippen molar-refractivity contribution in [2.45, 2.75) is 25.8 Å². The highest BCUT2D eigenvalue weighted by Gasteiger charge is 2.20. The number of benzene rings is 1. The van der Waals surface area contributed by atoms with Crippen molar-refractivity contribution in [3.05, 3.63) is 28.8 Å². The molecule has 2 nitrogen and oxygen atoms in total. The number of hydrogen-bond donors (Lipinski definition) is 0. The van der Waals surface area contributed by atoms with E-state index in [-0.39, 0.29) is 0 Å². The van der Waals surface area contributed by atoms with Crippen molar-refractivity contribution >= 4 is 28.9 Å². The van der Waals surface area contributed by atoms with Crippen molar-refractivity contribution < 1.29 is 0 Å². The molecule has 1 aromatic carbocycles. The van der Waals surface area contributed by atoms with E-state index in [1.807, 2.05) is 18.2 Å². The van der Waals surface area contributed by atoms with E-state index in [1.54, 1.807) is 0 Å². The number of alkyl halides is 1.